The Bertz CT molecular complexity index is 1240. The summed E-state index contributed by atoms with van der Waals surface area (Å²) in [6.07, 6.45) is 10.0. The molecule has 41 heavy (non-hydrogen) atoms. The van der Waals surface area contributed by atoms with Gasteiger partial charge < -0.3 is 19.3 Å². The number of aliphatic hydroxyl groups is 1. The quantitative estimate of drug-likeness (QED) is 0.0984. The third-order valence-corrected chi connectivity index (χ3v) is 11.3. The fourth-order valence-electron chi connectivity index (χ4n) is 9.14. The molecule has 0 aliphatic heterocycles. The molecule has 0 heterocycles. The highest BCUT2D eigenvalue weighted by Crippen LogP contribution is 2.69. The number of hydrogen-bond donors (Lipinski definition) is 1. The predicted molar refractivity (Wildman–Crippen MR) is 151 cm³/mol. The lowest BCUT2D eigenvalue weighted by Crippen LogP contribution is -2.62. The summed E-state index contributed by atoms with van der Waals surface area (Å²) in [5.41, 5.74) is -0.257. The van der Waals surface area contributed by atoms with Crippen molar-refractivity contribution in [3.8, 4) is 5.75 Å². The molecule has 0 bridgehead atoms. The normalized spacial score (nSPS) is 38.0. The second-order valence-corrected chi connectivity index (χ2v) is 13.0. The lowest BCUT2D eigenvalue weighted by atomic mass is 9.43. The van der Waals surface area contributed by atoms with E-state index in [2.05, 4.69) is 20.4 Å². The van der Waals surface area contributed by atoms with E-state index in [1.165, 1.54) is 37.5 Å². The Morgan fingerprint density at radius 3 is 2.44 bits per heavy atom. The molecule has 4 fully saturated rings. The second-order valence-electron chi connectivity index (χ2n) is 13.0. The minimum Gasteiger partial charge on any atom is -0.434 e. The molecule has 0 amide bonds. The standard InChI is InChI=1S/C32H41NO8/c1-5-21(19-39-20(2)34)26-14-17-32(36)28-11-6-22-18-25(12-15-30(22,3)27(28)13-16-31(26,32)4)41-29(35)40-24-9-7-23(8-10-24)33(37)38/h5,7-10,19,22,25-28,36H,1,6,11-18H2,2-4H3/b21-19+. The summed E-state index contributed by atoms with van der Waals surface area (Å²) in [5, 5.41) is 23.3. The molecule has 8 unspecified atom stereocenters. The number of ether oxygens (including phenoxy) is 3. The fourth-order valence-corrected chi connectivity index (χ4v) is 9.14. The van der Waals surface area contributed by atoms with Crippen molar-refractivity contribution in [2.75, 3.05) is 0 Å². The van der Waals surface area contributed by atoms with Gasteiger partial charge >= 0.3 is 12.1 Å². The van der Waals surface area contributed by atoms with Crippen molar-refractivity contribution in [1.82, 2.24) is 0 Å². The van der Waals surface area contributed by atoms with E-state index >= 15 is 0 Å². The Kier molecular flexibility index (Phi) is 7.78. The third kappa shape index (κ3) is 5.07. The topological polar surface area (TPSA) is 125 Å². The molecule has 8 atom stereocenters. The molecule has 9 heteroatoms. The first-order valence-electron chi connectivity index (χ1n) is 14.8. The minimum absolute atomic E-state index is 0.0506. The Morgan fingerprint density at radius 2 is 1.78 bits per heavy atom. The molecule has 1 N–H and O–H groups in total. The van der Waals surface area contributed by atoms with Gasteiger partial charge in [0, 0.05) is 24.5 Å². The van der Waals surface area contributed by atoms with Crippen LogP contribution >= 0.6 is 0 Å². The number of benzene rings is 1. The van der Waals surface area contributed by atoms with Crippen LogP contribution in [-0.2, 0) is 14.3 Å². The number of hydrogen-bond acceptors (Lipinski definition) is 8. The molecule has 4 aliphatic rings. The highest BCUT2D eigenvalue weighted by molar-refractivity contribution is 5.66. The summed E-state index contributed by atoms with van der Waals surface area (Å²) >= 11 is 0. The number of rotatable bonds is 6. The van der Waals surface area contributed by atoms with Gasteiger partial charge in [0.1, 0.15) is 11.9 Å². The van der Waals surface area contributed by atoms with Gasteiger partial charge in [0.2, 0.25) is 0 Å². The number of allylic oxidation sites excluding steroid dienone is 2. The zero-order chi connectivity index (χ0) is 29.6. The van der Waals surface area contributed by atoms with E-state index in [0.717, 1.165) is 63.4 Å². The fraction of sp³-hybridized carbons (Fsp3) is 0.625. The van der Waals surface area contributed by atoms with Crippen LogP contribution in [0.4, 0.5) is 10.5 Å². The number of nitrogens with zero attached hydrogens (tertiary/aromatic N) is 1. The van der Waals surface area contributed by atoms with E-state index in [4.69, 9.17) is 14.2 Å². The van der Waals surface area contributed by atoms with Crippen molar-refractivity contribution in [1.29, 1.82) is 0 Å². The lowest BCUT2D eigenvalue weighted by Gasteiger charge is -2.63. The average Bonchev–Trinajstić information content (AvgIpc) is 3.20. The number of fused-ring (bicyclic) bond motifs is 5. The molecule has 4 saturated carbocycles. The lowest BCUT2D eigenvalue weighted by molar-refractivity contribution is -0.384. The summed E-state index contributed by atoms with van der Waals surface area (Å²) in [4.78, 5) is 34.3. The maximum absolute atomic E-state index is 12.5. The van der Waals surface area contributed by atoms with Crippen molar-refractivity contribution in [2.24, 2.45) is 34.5 Å². The van der Waals surface area contributed by atoms with Gasteiger partial charge in [0.05, 0.1) is 16.8 Å². The number of esters is 1. The maximum Gasteiger partial charge on any atom is 0.514 e. The van der Waals surface area contributed by atoms with Gasteiger partial charge in [-0.1, -0.05) is 26.5 Å². The highest BCUT2D eigenvalue weighted by atomic mass is 16.7. The monoisotopic (exact) mass is 567 g/mol. The van der Waals surface area contributed by atoms with Crippen LogP contribution in [0.15, 0.2) is 48.8 Å². The molecule has 0 aromatic heterocycles. The van der Waals surface area contributed by atoms with Crippen LogP contribution in [0.1, 0.15) is 78.6 Å². The first kappa shape index (κ1) is 29.3. The van der Waals surface area contributed by atoms with E-state index in [1.807, 2.05) is 0 Å². The number of nitro groups is 1. The van der Waals surface area contributed by atoms with Crippen LogP contribution in [0.25, 0.3) is 0 Å². The van der Waals surface area contributed by atoms with Crippen molar-refractivity contribution in [3.63, 3.8) is 0 Å². The second kappa shape index (κ2) is 10.9. The van der Waals surface area contributed by atoms with Crippen molar-refractivity contribution in [2.45, 2.75) is 90.3 Å². The molecule has 1 aromatic carbocycles. The minimum atomic E-state index is -0.797. The van der Waals surface area contributed by atoms with E-state index in [9.17, 15) is 24.8 Å². The number of nitro benzene ring substituents is 1. The van der Waals surface area contributed by atoms with Gasteiger partial charge in [-0.2, -0.15) is 0 Å². The van der Waals surface area contributed by atoms with E-state index in [-0.39, 0.29) is 46.2 Å². The zero-order valence-corrected chi connectivity index (χ0v) is 24.2. The summed E-state index contributed by atoms with van der Waals surface area (Å²) < 4.78 is 16.2. The SMILES string of the molecule is C=C/C(=C\OC(C)=O)C1CCC2(O)C3CCC4CC(OC(=O)Oc5ccc([N+](=O)[O-])cc5)CCC4(C)C3CCC12C. The summed E-state index contributed by atoms with van der Waals surface area (Å²) in [7, 11) is 0. The van der Waals surface area contributed by atoms with Crippen LogP contribution in [0.5, 0.6) is 5.75 Å². The van der Waals surface area contributed by atoms with Crippen LogP contribution in [0, 0.1) is 44.6 Å². The number of carbonyl (C=O) groups is 2. The first-order chi connectivity index (χ1) is 19.4. The van der Waals surface area contributed by atoms with Gasteiger partial charge in [-0.3, -0.25) is 14.9 Å². The summed E-state index contributed by atoms with van der Waals surface area (Å²) in [6, 6.07) is 5.35. The summed E-state index contributed by atoms with van der Waals surface area (Å²) in [5.74, 6) is 0.885. The Labute approximate surface area is 241 Å². The Hall–Kier alpha value is -3.20. The number of carbonyl (C=O) groups excluding carboxylic acids is 2. The summed E-state index contributed by atoms with van der Waals surface area (Å²) in [6.45, 7) is 9.94. The molecular weight excluding hydrogens is 526 g/mol. The van der Waals surface area contributed by atoms with Gasteiger partial charge in [0.15, 0.2) is 0 Å². The molecule has 9 nitrogen and oxygen atoms in total. The van der Waals surface area contributed by atoms with Crippen LogP contribution < -0.4 is 4.74 Å². The number of non-ortho nitro benzene ring substituents is 1. The van der Waals surface area contributed by atoms with E-state index in [0.29, 0.717) is 11.8 Å². The molecule has 0 saturated heterocycles. The highest BCUT2D eigenvalue weighted by Gasteiger charge is 2.67. The maximum atomic E-state index is 12.5. The van der Waals surface area contributed by atoms with Gasteiger partial charge in [0.25, 0.3) is 5.69 Å². The molecule has 5 rings (SSSR count). The third-order valence-electron chi connectivity index (χ3n) is 11.3. The average molecular weight is 568 g/mol. The predicted octanol–water partition coefficient (Wildman–Crippen LogP) is 6.89. The van der Waals surface area contributed by atoms with Crippen molar-refractivity contribution in [3.05, 3.63) is 58.9 Å². The molecular formula is C32H41NO8. The Morgan fingerprint density at radius 1 is 1.05 bits per heavy atom. The van der Waals surface area contributed by atoms with Gasteiger partial charge in [-0.05, 0) is 105 Å². The van der Waals surface area contributed by atoms with Crippen LogP contribution in [-0.4, -0.2) is 33.9 Å². The molecule has 222 valence electrons. The van der Waals surface area contributed by atoms with E-state index in [1.54, 1.807) is 6.08 Å². The molecule has 0 spiro atoms. The molecule has 1 aromatic rings. The van der Waals surface area contributed by atoms with Crippen LogP contribution in [0.3, 0.4) is 0 Å². The Balaban J connectivity index is 1.25. The smallest absolute Gasteiger partial charge is 0.434 e. The van der Waals surface area contributed by atoms with Gasteiger partial charge in [-0.15, -0.1) is 0 Å². The molecule has 4 aliphatic carbocycles. The van der Waals surface area contributed by atoms with E-state index < -0.39 is 16.7 Å². The first-order valence-corrected chi connectivity index (χ1v) is 14.8. The largest absolute Gasteiger partial charge is 0.514 e. The zero-order valence-electron chi connectivity index (χ0n) is 24.2. The molecule has 0 radical (unpaired) electrons. The van der Waals surface area contributed by atoms with Crippen molar-refractivity contribution < 1.29 is 33.8 Å². The van der Waals surface area contributed by atoms with Crippen LogP contribution in [0.2, 0.25) is 0 Å². The van der Waals surface area contributed by atoms with Gasteiger partial charge in [-0.25, -0.2) is 4.79 Å². The van der Waals surface area contributed by atoms with Crippen molar-refractivity contribution >= 4 is 17.8 Å².